The van der Waals surface area contributed by atoms with Crippen molar-refractivity contribution in [1.29, 1.82) is 0 Å². The molecule has 3 amide bonds. The van der Waals surface area contributed by atoms with Crippen LogP contribution < -0.4 is 4.80 Å². The molecule has 0 spiro atoms. The maximum Gasteiger partial charge on any atom is 0.268 e. The van der Waals surface area contributed by atoms with E-state index in [-0.39, 0.29) is 31.2 Å². The van der Waals surface area contributed by atoms with Crippen LogP contribution in [0, 0.1) is 0 Å². The van der Waals surface area contributed by atoms with Gasteiger partial charge in [0.2, 0.25) is 11.8 Å². The molecule has 25 heavy (non-hydrogen) atoms. The first-order valence-corrected chi connectivity index (χ1v) is 10.3. The molecule has 9 heteroatoms. The quantitative estimate of drug-likeness (QED) is 0.726. The van der Waals surface area contributed by atoms with Crippen LogP contribution in [0.5, 0.6) is 0 Å². The van der Waals surface area contributed by atoms with Gasteiger partial charge in [-0.3, -0.25) is 19.3 Å². The van der Waals surface area contributed by atoms with E-state index in [2.05, 4.69) is 4.99 Å². The van der Waals surface area contributed by atoms with Crippen molar-refractivity contribution in [1.82, 2.24) is 9.47 Å². The summed E-state index contributed by atoms with van der Waals surface area (Å²) < 4.78 is 2.91. The van der Waals surface area contributed by atoms with Gasteiger partial charge in [0.15, 0.2) is 4.80 Å². The minimum absolute atomic E-state index is 0.168. The van der Waals surface area contributed by atoms with Crippen molar-refractivity contribution in [3.8, 4) is 0 Å². The maximum absolute atomic E-state index is 12.3. The van der Waals surface area contributed by atoms with Gasteiger partial charge in [0.25, 0.3) is 5.91 Å². The highest BCUT2D eigenvalue weighted by Gasteiger charge is 2.30. The Kier molecular flexibility index (Phi) is 5.61. The van der Waals surface area contributed by atoms with Crippen molar-refractivity contribution in [3.63, 3.8) is 0 Å². The van der Waals surface area contributed by atoms with Crippen molar-refractivity contribution >= 4 is 62.6 Å². The second-order valence-corrected chi connectivity index (χ2v) is 7.95. The van der Waals surface area contributed by atoms with E-state index >= 15 is 0 Å². The molecule has 132 valence electrons. The lowest BCUT2D eigenvalue weighted by molar-refractivity contribution is -0.141. The second-order valence-electron chi connectivity index (χ2n) is 5.52. The molecule has 0 radical (unpaired) electrons. The predicted molar refractivity (Wildman–Crippen MR) is 99.7 cm³/mol. The van der Waals surface area contributed by atoms with Gasteiger partial charge in [-0.2, -0.15) is 16.8 Å². The molecule has 0 unspecified atom stereocenters. The molecular weight excluding hydrogens is 382 g/mol. The molecule has 0 bridgehead atoms. The Labute approximate surface area is 157 Å². The first-order valence-electron chi connectivity index (χ1n) is 7.68. The number of thioether (sulfide) groups is 1. The van der Waals surface area contributed by atoms with E-state index in [9.17, 15) is 14.4 Å². The number of fused-ring (bicyclic) bond motifs is 1. The predicted octanol–water partition coefficient (Wildman–Crippen LogP) is 2.30. The molecule has 1 saturated heterocycles. The first kappa shape index (κ1) is 18.2. The van der Waals surface area contributed by atoms with E-state index in [0.717, 1.165) is 20.9 Å². The van der Waals surface area contributed by atoms with Crippen LogP contribution in [0.15, 0.2) is 23.2 Å². The molecule has 0 saturated carbocycles. The minimum atomic E-state index is -0.501. The fraction of sp³-hybridized carbons (Fsp3) is 0.375. The molecule has 3 rings (SSSR count). The largest absolute Gasteiger partial charge is 0.316 e. The molecule has 1 fully saturated rings. The number of thiazole rings is 1. The summed E-state index contributed by atoms with van der Waals surface area (Å²) >= 11 is 9.12. The molecule has 0 atom stereocenters. The van der Waals surface area contributed by atoms with Gasteiger partial charge in [0.1, 0.15) is 6.54 Å². The van der Waals surface area contributed by atoms with Crippen LogP contribution in [0.3, 0.4) is 0 Å². The van der Waals surface area contributed by atoms with E-state index in [1.165, 1.54) is 11.3 Å². The Morgan fingerprint density at radius 2 is 2.04 bits per heavy atom. The highest BCUT2D eigenvalue weighted by Crippen LogP contribution is 2.22. The monoisotopic (exact) mass is 397 g/mol. The van der Waals surface area contributed by atoms with Gasteiger partial charge in [-0.15, -0.1) is 0 Å². The van der Waals surface area contributed by atoms with E-state index in [4.69, 9.17) is 11.6 Å². The summed E-state index contributed by atoms with van der Waals surface area (Å²) in [5.41, 5.74) is 0.961. The highest BCUT2D eigenvalue weighted by atomic mass is 35.5. The van der Waals surface area contributed by atoms with Crippen LogP contribution in [-0.2, 0) is 20.9 Å². The Morgan fingerprint density at radius 3 is 2.72 bits per heavy atom. The van der Waals surface area contributed by atoms with Crippen molar-refractivity contribution in [2.45, 2.75) is 19.4 Å². The number of hydrogen-bond donors (Lipinski definition) is 0. The molecule has 1 aromatic carbocycles. The van der Waals surface area contributed by atoms with E-state index < -0.39 is 5.91 Å². The zero-order valence-corrected chi connectivity index (χ0v) is 15.9. The molecule has 0 N–H and O–H groups in total. The number of halogens is 1. The third-order valence-corrected chi connectivity index (χ3v) is 5.70. The molecule has 2 heterocycles. The van der Waals surface area contributed by atoms with Crippen LogP contribution in [0.1, 0.15) is 12.8 Å². The summed E-state index contributed by atoms with van der Waals surface area (Å²) in [5.74, 6) is -0.253. The standard InChI is InChI=1S/C16H16ClN3O3S2/c1-24-7-6-19-11-3-2-10(17)8-12(11)25-16(19)18-13(21)9-20-14(22)4-5-15(20)23/h2-3,8H,4-7,9H2,1H3. The Bertz CT molecular complexity index is 903. The summed E-state index contributed by atoms with van der Waals surface area (Å²) in [6.45, 7) is 0.408. The van der Waals surface area contributed by atoms with E-state index in [0.29, 0.717) is 16.4 Å². The zero-order valence-electron chi connectivity index (χ0n) is 13.5. The Balaban J connectivity index is 1.95. The molecule has 0 aliphatic carbocycles. The summed E-state index contributed by atoms with van der Waals surface area (Å²) in [5, 5.41) is 0.622. The van der Waals surface area contributed by atoms with Crippen LogP contribution in [0.2, 0.25) is 5.02 Å². The highest BCUT2D eigenvalue weighted by molar-refractivity contribution is 7.98. The number of amides is 3. The average molecular weight is 398 g/mol. The average Bonchev–Trinajstić information content (AvgIpc) is 3.06. The molecule has 6 nitrogen and oxygen atoms in total. The number of likely N-dealkylation sites (tertiary alicyclic amines) is 1. The summed E-state index contributed by atoms with van der Waals surface area (Å²) in [4.78, 5) is 41.3. The molecule has 2 aromatic rings. The normalized spacial score (nSPS) is 15.6. The topological polar surface area (TPSA) is 71.7 Å². The van der Waals surface area contributed by atoms with Gasteiger partial charge < -0.3 is 4.57 Å². The van der Waals surface area contributed by atoms with Crippen molar-refractivity contribution in [2.24, 2.45) is 4.99 Å². The van der Waals surface area contributed by atoms with Gasteiger partial charge in [-0.05, 0) is 24.5 Å². The third-order valence-electron chi connectivity index (χ3n) is 3.83. The molecular formula is C16H16ClN3O3S2. The number of hydrogen-bond acceptors (Lipinski definition) is 5. The minimum Gasteiger partial charge on any atom is -0.316 e. The lowest BCUT2D eigenvalue weighted by Crippen LogP contribution is -2.34. The number of rotatable bonds is 5. The van der Waals surface area contributed by atoms with Crippen LogP contribution in [-0.4, -0.2) is 45.7 Å². The van der Waals surface area contributed by atoms with Gasteiger partial charge in [0.05, 0.1) is 10.2 Å². The number of aryl methyl sites for hydroxylation is 1. The zero-order chi connectivity index (χ0) is 18.0. The van der Waals surface area contributed by atoms with Crippen molar-refractivity contribution < 1.29 is 14.4 Å². The third kappa shape index (κ3) is 3.96. The number of benzene rings is 1. The van der Waals surface area contributed by atoms with Gasteiger partial charge >= 0.3 is 0 Å². The van der Waals surface area contributed by atoms with Gasteiger partial charge in [-0.25, -0.2) is 0 Å². The smallest absolute Gasteiger partial charge is 0.268 e. The molecule has 1 aromatic heterocycles. The summed E-state index contributed by atoms with van der Waals surface area (Å²) in [6, 6.07) is 5.55. The van der Waals surface area contributed by atoms with Crippen molar-refractivity contribution in [2.75, 3.05) is 18.6 Å². The fourth-order valence-corrected chi connectivity index (χ4v) is 4.32. The molecule has 1 aliphatic heterocycles. The van der Waals surface area contributed by atoms with Crippen molar-refractivity contribution in [3.05, 3.63) is 28.0 Å². The number of aromatic nitrogens is 1. The first-order chi connectivity index (χ1) is 12.0. The van der Waals surface area contributed by atoms with E-state index in [1.54, 1.807) is 17.8 Å². The lowest BCUT2D eigenvalue weighted by atomic mass is 10.3. The van der Waals surface area contributed by atoms with Crippen LogP contribution in [0.4, 0.5) is 0 Å². The number of nitrogens with zero attached hydrogens (tertiary/aromatic N) is 3. The van der Waals surface area contributed by atoms with Gasteiger partial charge in [0, 0.05) is 30.2 Å². The second kappa shape index (κ2) is 7.72. The van der Waals surface area contributed by atoms with Crippen LogP contribution in [0.25, 0.3) is 10.2 Å². The number of carbonyl (C=O) groups excluding carboxylic acids is 3. The Hall–Kier alpha value is -1.64. The number of carbonyl (C=O) groups is 3. The van der Waals surface area contributed by atoms with Crippen LogP contribution >= 0.6 is 34.7 Å². The summed E-state index contributed by atoms with van der Waals surface area (Å²) in [6.07, 6.45) is 2.35. The van der Waals surface area contributed by atoms with Gasteiger partial charge in [-0.1, -0.05) is 22.9 Å². The fourth-order valence-electron chi connectivity index (χ4n) is 2.61. The molecule has 1 aliphatic rings. The van der Waals surface area contributed by atoms with E-state index in [1.807, 2.05) is 23.0 Å². The summed E-state index contributed by atoms with van der Waals surface area (Å²) in [7, 11) is 0. The lowest BCUT2D eigenvalue weighted by Gasteiger charge is -2.10. The Morgan fingerprint density at radius 1 is 1.32 bits per heavy atom. The SMILES string of the molecule is CSCCn1c(=NC(=O)CN2C(=O)CCC2=O)sc2cc(Cl)ccc21. The maximum atomic E-state index is 12.3. The number of imide groups is 1.